The fraction of sp³-hybridized carbons (Fsp3) is 0.538. The van der Waals surface area contributed by atoms with Crippen molar-refractivity contribution in [1.29, 1.82) is 0 Å². The molecule has 21 heavy (non-hydrogen) atoms. The zero-order valence-electron chi connectivity index (χ0n) is 12.2. The molecular formula is C13H19N3O5. The first kappa shape index (κ1) is 16.8. The van der Waals surface area contributed by atoms with Gasteiger partial charge in [-0.2, -0.15) is 0 Å². The largest absolute Gasteiger partial charge is 0.467 e. The average Bonchev–Trinajstić information content (AvgIpc) is 2.42. The number of aryl methyl sites for hydroxylation is 2. The van der Waals surface area contributed by atoms with E-state index in [1.807, 2.05) is 0 Å². The van der Waals surface area contributed by atoms with Crippen LogP contribution in [0.1, 0.15) is 23.5 Å². The van der Waals surface area contributed by atoms with E-state index in [-0.39, 0.29) is 30.9 Å². The molecule has 8 nitrogen and oxygen atoms in total. The number of carbonyl (C=O) groups excluding carboxylic acids is 2. The van der Waals surface area contributed by atoms with E-state index in [2.05, 4.69) is 20.0 Å². The molecule has 0 aliphatic rings. The molecule has 0 bridgehead atoms. The lowest BCUT2D eigenvalue weighted by atomic mass is 10.1. The monoisotopic (exact) mass is 297 g/mol. The summed E-state index contributed by atoms with van der Waals surface area (Å²) in [6, 6.07) is 0. The summed E-state index contributed by atoms with van der Waals surface area (Å²) in [7, 11) is 1.15. The smallest absolute Gasteiger partial charge is 0.336 e. The van der Waals surface area contributed by atoms with Gasteiger partial charge in [0.1, 0.15) is 5.82 Å². The van der Waals surface area contributed by atoms with Gasteiger partial charge >= 0.3 is 5.97 Å². The van der Waals surface area contributed by atoms with Crippen LogP contribution in [0.15, 0.2) is 4.79 Å². The van der Waals surface area contributed by atoms with Crippen molar-refractivity contribution in [2.45, 2.75) is 32.8 Å². The van der Waals surface area contributed by atoms with Crippen molar-refractivity contribution in [2.75, 3.05) is 13.7 Å². The van der Waals surface area contributed by atoms with Crippen molar-refractivity contribution >= 4 is 11.9 Å². The van der Waals surface area contributed by atoms with E-state index in [1.54, 1.807) is 13.8 Å². The molecule has 1 atom stereocenters. The van der Waals surface area contributed by atoms with Crippen molar-refractivity contribution < 1.29 is 19.4 Å². The molecule has 0 aliphatic heterocycles. The molecule has 116 valence electrons. The molecule has 1 aromatic rings. The first-order valence-electron chi connectivity index (χ1n) is 6.44. The molecule has 3 N–H and O–H groups in total. The molecule has 1 amide bonds. The minimum absolute atomic E-state index is 0.0581. The Labute approximate surface area is 121 Å². The summed E-state index contributed by atoms with van der Waals surface area (Å²) in [5.74, 6) is -0.672. The highest BCUT2D eigenvalue weighted by Gasteiger charge is 2.16. The van der Waals surface area contributed by atoms with Gasteiger partial charge in [-0.15, -0.1) is 0 Å². The fourth-order valence-corrected chi connectivity index (χ4v) is 1.80. The summed E-state index contributed by atoms with van der Waals surface area (Å²) in [6.07, 6.45) is -1.11. The number of aromatic amines is 1. The van der Waals surface area contributed by atoms with E-state index in [1.165, 1.54) is 0 Å². The molecule has 0 saturated heterocycles. The SMILES string of the molecule is COC(=O)C(O)CNC(=O)CCc1c(C)nc(C)[nH]c1=O. The van der Waals surface area contributed by atoms with E-state index in [0.717, 1.165) is 7.11 Å². The Morgan fingerprint density at radius 2 is 2.10 bits per heavy atom. The number of aliphatic hydroxyl groups is 1. The van der Waals surface area contributed by atoms with Crippen LogP contribution in [0.4, 0.5) is 0 Å². The number of amides is 1. The number of hydrogen-bond donors (Lipinski definition) is 3. The maximum absolute atomic E-state index is 11.7. The van der Waals surface area contributed by atoms with Crippen LogP contribution in [0.5, 0.6) is 0 Å². The number of aliphatic hydroxyl groups excluding tert-OH is 1. The molecule has 1 unspecified atom stereocenters. The summed E-state index contributed by atoms with van der Waals surface area (Å²) in [4.78, 5) is 41.0. The number of nitrogens with zero attached hydrogens (tertiary/aromatic N) is 1. The van der Waals surface area contributed by atoms with Gasteiger partial charge in [0.15, 0.2) is 6.10 Å². The third-order valence-corrected chi connectivity index (χ3v) is 2.91. The fourth-order valence-electron chi connectivity index (χ4n) is 1.80. The van der Waals surface area contributed by atoms with Crippen molar-refractivity contribution in [3.63, 3.8) is 0 Å². The van der Waals surface area contributed by atoms with Gasteiger partial charge in [0.05, 0.1) is 13.7 Å². The lowest BCUT2D eigenvalue weighted by Gasteiger charge is -2.10. The van der Waals surface area contributed by atoms with Gasteiger partial charge in [0.2, 0.25) is 5.91 Å². The van der Waals surface area contributed by atoms with Crippen LogP contribution < -0.4 is 10.9 Å². The average molecular weight is 297 g/mol. The maximum Gasteiger partial charge on any atom is 0.336 e. The highest BCUT2D eigenvalue weighted by molar-refractivity contribution is 5.78. The Morgan fingerprint density at radius 3 is 2.67 bits per heavy atom. The van der Waals surface area contributed by atoms with Crippen molar-refractivity contribution in [3.8, 4) is 0 Å². The Morgan fingerprint density at radius 1 is 1.43 bits per heavy atom. The second-order valence-electron chi connectivity index (χ2n) is 4.56. The van der Waals surface area contributed by atoms with Crippen molar-refractivity contribution in [3.05, 3.63) is 27.4 Å². The van der Waals surface area contributed by atoms with Crippen LogP contribution in [-0.4, -0.2) is 46.7 Å². The van der Waals surface area contributed by atoms with Crippen LogP contribution in [0.25, 0.3) is 0 Å². The minimum Gasteiger partial charge on any atom is -0.467 e. The van der Waals surface area contributed by atoms with Gasteiger partial charge in [0, 0.05) is 17.7 Å². The Hall–Kier alpha value is -2.22. The van der Waals surface area contributed by atoms with E-state index in [4.69, 9.17) is 0 Å². The number of rotatable bonds is 6. The number of methoxy groups -OCH3 is 1. The molecule has 1 aromatic heterocycles. The normalized spacial score (nSPS) is 11.8. The second-order valence-corrected chi connectivity index (χ2v) is 4.56. The van der Waals surface area contributed by atoms with Gasteiger partial charge in [-0.05, 0) is 20.3 Å². The molecule has 0 spiro atoms. The predicted molar refractivity (Wildman–Crippen MR) is 73.7 cm³/mol. The predicted octanol–water partition coefficient (Wildman–Crippen LogP) is -1.03. The number of esters is 1. The summed E-state index contributed by atoms with van der Waals surface area (Å²) in [5, 5.41) is 11.7. The van der Waals surface area contributed by atoms with Crippen LogP contribution in [0.3, 0.4) is 0 Å². The third-order valence-electron chi connectivity index (χ3n) is 2.91. The van der Waals surface area contributed by atoms with Gasteiger partial charge in [-0.1, -0.05) is 0 Å². The van der Waals surface area contributed by atoms with E-state index >= 15 is 0 Å². The zero-order valence-corrected chi connectivity index (χ0v) is 12.2. The Balaban J connectivity index is 2.51. The zero-order chi connectivity index (χ0) is 16.0. The van der Waals surface area contributed by atoms with E-state index in [9.17, 15) is 19.5 Å². The minimum atomic E-state index is -1.40. The maximum atomic E-state index is 11.7. The lowest BCUT2D eigenvalue weighted by Crippen LogP contribution is -2.37. The quantitative estimate of drug-likeness (QED) is 0.577. The van der Waals surface area contributed by atoms with Crippen LogP contribution in [0.2, 0.25) is 0 Å². The first-order chi connectivity index (χ1) is 9.85. The number of ether oxygens (including phenoxy) is 1. The molecule has 0 saturated carbocycles. The number of H-pyrrole nitrogens is 1. The molecule has 0 aromatic carbocycles. The summed E-state index contributed by atoms with van der Waals surface area (Å²) in [6.45, 7) is 3.16. The highest BCUT2D eigenvalue weighted by Crippen LogP contribution is 2.02. The van der Waals surface area contributed by atoms with E-state index in [0.29, 0.717) is 17.1 Å². The van der Waals surface area contributed by atoms with Gasteiger partial charge in [-0.25, -0.2) is 9.78 Å². The number of aromatic nitrogens is 2. The summed E-state index contributed by atoms with van der Waals surface area (Å²) >= 11 is 0. The van der Waals surface area contributed by atoms with Gasteiger partial charge < -0.3 is 20.1 Å². The van der Waals surface area contributed by atoms with Crippen molar-refractivity contribution in [2.24, 2.45) is 0 Å². The van der Waals surface area contributed by atoms with Crippen molar-refractivity contribution in [1.82, 2.24) is 15.3 Å². The molecule has 1 heterocycles. The van der Waals surface area contributed by atoms with Gasteiger partial charge in [0.25, 0.3) is 5.56 Å². The number of carbonyl (C=O) groups is 2. The van der Waals surface area contributed by atoms with E-state index < -0.39 is 12.1 Å². The molecule has 0 fully saturated rings. The van der Waals surface area contributed by atoms with Crippen LogP contribution >= 0.6 is 0 Å². The molecule has 8 heteroatoms. The number of nitrogens with one attached hydrogen (secondary N) is 2. The first-order valence-corrected chi connectivity index (χ1v) is 6.44. The lowest BCUT2D eigenvalue weighted by molar-refractivity contribution is -0.150. The Kier molecular flexibility index (Phi) is 6.04. The molecule has 1 rings (SSSR count). The molecule has 0 radical (unpaired) electrons. The molecular weight excluding hydrogens is 278 g/mol. The number of hydrogen-bond acceptors (Lipinski definition) is 6. The molecule has 0 aliphatic carbocycles. The standard InChI is InChI=1S/C13H19N3O5/c1-7-9(12(19)16-8(2)15-7)4-5-11(18)14-6-10(17)13(20)21-3/h10,17H,4-6H2,1-3H3,(H,14,18)(H,15,16,19). The van der Waals surface area contributed by atoms with Gasteiger partial charge in [-0.3, -0.25) is 9.59 Å². The second kappa shape index (κ2) is 7.53. The Bertz CT molecular complexity index is 582. The summed E-state index contributed by atoms with van der Waals surface area (Å²) < 4.78 is 4.32. The van der Waals surface area contributed by atoms with Crippen LogP contribution in [0, 0.1) is 13.8 Å². The topological polar surface area (TPSA) is 121 Å². The summed E-state index contributed by atoms with van der Waals surface area (Å²) in [5.41, 5.74) is 0.769. The highest BCUT2D eigenvalue weighted by atomic mass is 16.5. The third kappa shape index (κ3) is 4.99. The van der Waals surface area contributed by atoms with Crippen LogP contribution in [-0.2, 0) is 20.7 Å².